The van der Waals surface area contributed by atoms with Crippen LogP contribution in [0, 0.1) is 6.92 Å². The number of anilines is 2. The largest absolute Gasteiger partial charge is 0.497 e. The number of carbonyl (C=O) groups excluding carboxylic acids is 1. The van der Waals surface area contributed by atoms with Crippen molar-refractivity contribution in [1.82, 2.24) is 34.3 Å². The lowest BCUT2D eigenvalue weighted by molar-refractivity contribution is -0.138. The lowest BCUT2D eigenvalue weighted by Gasteiger charge is -2.27. The van der Waals surface area contributed by atoms with Gasteiger partial charge < -0.3 is 24.4 Å². The number of methoxy groups -OCH3 is 2. The Morgan fingerprint density at radius 2 is 1.53 bits per heavy atom. The Kier molecular flexibility index (Phi) is 11.5. The SMILES string of the molecule is COc1ccc(CN(Cc2ccc(OC)cc2)c2ncnn3c(-c4cnn(-c5cc(NC(=O)c6ccc(CN7CCOCC7)c(C(F)(F)F)c6)ccc5C)c4)cnc23)cc1. The van der Waals surface area contributed by atoms with Crippen molar-refractivity contribution in [3.63, 3.8) is 0 Å². The van der Waals surface area contributed by atoms with Crippen LogP contribution in [0.25, 0.3) is 22.6 Å². The van der Waals surface area contributed by atoms with Crippen molar-refractivity contribution < 1.29 is 32.2 Å². The Bertz CT molecular complexity index is 2550. The fraction of sp³-hybridized carbons (Fsp3) is 0.250. The summed E-state index contributed by atoms with van der Waals surface area (Å²) in [6.45, 7) is 5.08. The number of nitrogens with one attached hydrogen (secondary N) is 1. The molecule has 0 bridgehead atoms. The maximum atomic E-state index is 14.2. The van der Waals surface area contributed by atoms with Gasteiger partial charge in [0.25, 0.3) is 5.91 Å². The van der Waals surface area contributed by atoms with E-state index in [4.69, 9.17) is 24.2 Å². The van der Waals surface area contributed by atoms with Crippen LogP contribution in [-0.2, 0) is 30.5 Å². The van der Waals surface area contributed by atoms with Crippen molar-refractivity contribution in [3.05, 3.63) is 143 Å². The molecule has 0 aliphatic carbocycles. The number of aryl methyl sites for hydroxylation is 1. The third-order valence-corrected chi connectivity index (χ3v) is 10.4. The number of imidazole rings is 1. The molecule has 0 atom stereocenters. The second-order valence-electron chi connectivity index (χ2n) is 14.4. The molecule has 16 heteroatoms. The fourth-order valence-corrected chi connectivity index (χ4v) is 7.18. The highest BCUT2D eigenvalue weighted by molar-refractivity contribution is 6.04. The lowest BCUT2D eigenvalue weighted by atomic mass is 10.0. The number of alkyl halides is 3. The number of carbonyl (C=O) groups is 1. The highest BCUT2D eigenvalue weighted by Crippen LogP contribution is 2.34. The van der Waals surface area contributed by atoms with Crippen LogP contribution in [0.15, 0.2) is 110 Å². The monoisotopic (exact) mass is 817 g/mol. The molecule has 7 aromatic rings. The number of hydrogen-bond acceptors (Lipinski definition) is 10. The van der Waals surface area contributed by atoms with Crippen molar-refractivity contribution in [2.75, 3.05) is 50.7 Å². The number of hydrogen-bond donors (Lipinski definition) is 1. The van der Waals surface area contributed by atoms with Crippen LogP contribution in [0.4, 0.5) is 24.7 Å². The molecule has 1 saturated heterocycles. The Labute approximate surface area is 344 Å². The van der Waals surface area contributed by atoms with Crippen molar-refractivity contribution in [1.29, 1.82) is 0 Å². The number of amides is 1. The number of morpholine rings is 1. The van der Waals surface area contributed by atoms with E-state index in [-0.39, 0.29) is 17.7 Å². The van der Waals surface area contributed by atoms with Gasteiger partial charge in [-0.15, -0.1) is 0 Å². The topological polar surface area (TPSA) is 124 Å². The molecule has 8 rings (SSSR count). The molecule has 0 spiro atoms. The predicted molar refractivity (Wildman–Crippen MR) is 219 cm³/mol. The molecule has 13 nitrogen and oxygen atoms in total. The summed E-state index contributed by atoms with van der Waals surface area (Å²) in [6.07, 6.45) is 2.11. The van der Waals surface area contributed by atoms with Gasteiger partial charge in [-0.1, -0.05) is 36.4 Å². The standard InChI is InChI=1S/C44H42F3N9O4/c1-29-4-11-35(52-43(57)32-9-10-33(38(20-32)44(45,46)47)26-53-16-18-60-19-17-53)21-39(29)55-27-34(22-50-55)40-23-48-42-41(49-28-51-56(40)42)54(24-30-5-12-36(58-2)13-6-30)25-31-7-14-37(59-3)15-8-31/h4-15,20-23,27-28H,16-19,24-26H2,1-3H3,(H,52,57). The minimum atomic E-state index is -4.63. The Hall–Kier alpha value is -6.78. The number of ether oxygens (including phenoxy) is 3. The highest BCUT2D eigenvalue weighted by Gasteiger charge is 2.34. The second kappa shape index (κ2) is 17.2. The van der Waals surface area contributed by atoms with E-state index in [1.165, 1.54) is 18.5 Å². The zero-order valence-corrected chi connectivity index (χ0v) is 33.2. The van der Waals surface area contributed by atoms with Gasteiger partial charge in [0.2, 0.25) is 0 Å². The Morgan fingerprint density at radius 1 is 0.850 bits per heavy atom. The molecule has 4 heterocycles. The third-order valence-electron chi connectivity index (χ3n) is 10.4. The first-order valence-corrected chi connectivity index (χ1v) is 19.2. The molecule has 4 aromatic carbocycles. The third kappa shape index (κ3) is 8.79. The van der Waals surface area contributed by atoms with Crippen LogP contribution in [0.2, 0.25) is 0 Å². The maximum absolute atomic E-state index is 14.2. The Morgan fingerprint density at radius 3 is 2.18 bits per heavy atom. The minimum absolute atomic E-state index is 0.0999. The molecule has 0 unspecified atom stereocenters. The number of rotatable bonds is 13. The number of aromatic nitrogens is 6. The van der Waals surface area contributed by atoms with Crippen LogP contribution in [-0.4, -0.2) is 80.7 Å². The van der Waals surface area contributed by atoms with Crippen molar-refractivity contribution in [3.8, 4) is 28.4 Å². The first-order valence-electron chi connectivity index (χ1n) is 19.2. The minimum Gasteiger partial charge on any atom is -0.497 e. The van der Waals surface area contributed by atoms with Gasteiger partial charge in [-0.2, -0.15) is 23.4 Å². The first-order chi connectivity index (χ1) is 29.1. The van der Waals surface area contributed by atoms with Crippen LogP contribution in [0.1, 0.15) is 38.2 Å². The first kappa shape index (κ1) is 40.0. The van der Waals surface area contributed by atoms with Gasteiger partial charge in [0.15, 0.2) is 11.5 Å². The molecular formula is C44H42F3N9O4. The summed E-state index contributed by atoms with van der Waals surface area (Å²) >= 11 is 0. The molecule has 1 fully saturated rings. The van der Waals surface area contributed by atoms with E-state index in [0.717, 1.165) is 39.8 Å². The molecule has 1 amide bonds. The highest BCUT2D eigenvalue weighted by atomic mass is 19.4. The van der Waals surface area contributed by atoms with Crippen molar-refractivity contribution in [2.24, 2.45) is 0 Å². The molecule has 0 saturated carbocycles. The van der Waals surface area contributed by atoms with Gasteiger partial charge in [-0.3, -0.25) is 9.69 Å². The molecule has 0 radical (unpaired) electrons. The van der Waals surface area contributed by atoms with Gasteiger partial charge in [0, 0.05) is 55.7 Å². The smallest absolute Gasteiger partial charge is 0.416 e. The van der Waals surface area contributed by atoms with E-state index >= 15 is 0 Å². The predicted octanol–water partition coefficient (Wildman–Crippen LogP) is 7.61. The average molecular weight is 818 g/mol. The number of fused-ring (bicyclic) bond motifs is 1. The van der Waals surface area contributed by atoms with E-state index in [9.17, 15) is 18.0 Å². The Balaban J connectivity index is 1.04. The van der Waals surface area contributed by atoms with Gasteiger partial charge in [-0.25, -0.2) is 19.2 Å². The average Bonchev–Trinajstić information content (AvgIpc) is 3.93. The van der Waals surface area contributed by atoms with E-state index in [1.807, 2.05) is 72.6 Å². The quantitative estimate of drug-likeness (QED) is 0.124. The van der Waals surface area contributed by atoms with Crippen LogP contribution in [0.5, 0.6) is 11.5 Å². The summed E-state index contributed by atoms with van der Waals surface area (Å²) in [7, 11) is 3.27. The van der Waals surface area contributed by atoms with Crippen LogP contribution >= 0.6 is 0 Å². The van der Waals surface area contributed by atoms with E-state index in [2.05, 4.69) is 20.4 Å². The van der Waals surface area contributed by atoms with Gasteiger partial charge in [-0.05, 0) is 77.7 Å². The second-order valence-corrected chi connectivity index (χ2v) is 14.4. The van der Waals surface area contributed by atoms with E-state index in [1.54, 1.807) is 47.9 Å². The maximum Gasteiger partial charge on any atom is 0.416 e. The van der Waals surface area contributed by atoms with Gasteiger partial charge >= 0.3 is 6.18 Å². The number of benzene rings is 4. The van der Waals surface area contributed by atoms with Crippen LogP contribution < -0.4 is 19.7 Å². The van der Waals surface area contributed by atoms with Crippen molar-refractivity contribution >= 4 is 23.1 Å². The summed E-state index contributed by atoms with van der Waals surface area (Å²) in [4.78, 5) is 26.9. The zero-order chi connectivity index (χ0) is 41.8. The van der Waals surface area contributed by atoms with Crippen molar-refractivity contribution in [2.45, 2.75) is 32.7 Å². The summed E-state index contributed by atoms with van der Waals surface area (Å²) in [5.74, 6) is 1.49. The summed E-state index contributed by atoms with van der Waals surface area (Å²) in [5, 5.41) is 12.0. The number of halogens is 3. The number of nitrogens with zero attached hydrogens (tertiary/aromatic N) is 8. The summed E-state index contributed by atoms with van der Waals surface area (Å²) in [6, 6.07) is 24.7. The zero-order valence-electron chi connectivity index (χ0n) is 33.2. The molecule has 1 N–H and O–H groups in total. The molecule has 3 aromatic heterocycles. The summed E-state index contributed by atoms with van der Waals surface area (Å²) < 4.78 is 62.1. The summed E-state index contributed by atoms with van der Waals surface area (Å²) in [5.41, 5.74) is 5.12. The molecule has 308 valence electrons. The molecule has 1 aliphatic heterocycles. The van der Waals surface area contributed by atoms with Gasteiger partial charge in [0.1, 0.15) is 17.8 Å². The van der Waals surface area contributed by atoms with Crippen LogP contribution in [0.3, 0.4) is 0 Å². The molecule has 1 aliphatic rings. The van der Waals surface area contributed by atoms with E-state index < -0.39 is 17.6 Å². The molecular weight excluding hydrogens is 776 g/mol. The lowest BCUT2D eigenvalue weighted by Crippen LogP contribution is -2.36. The van der Waals surface area contributed by atoms with Gasteiger partial charge in [0.05, 0.1) is 56.8 Å². The fourth-order valence-electron chi connectivity index (χ4n) is 7.18. The molecule has 60 heavy (non-hydrogen) atoms. The van der Waals surface area contributed by atoms with E-state index in [0.29, 0.717) is 67.9 Å². The normalized spacial score (nSPS) is 13.4.